The number of hydrogen-bond acceptors (Lipinski definition) is 4. The van der Waals surface area contributed by atoms with Crippen LogP contribution >= 0.6 is 11.3 Å². The van der Waals surface area contributed by atoms with E-state index in [2.05, 4.69) is 0 Å². The summed E-state index contributed by atoms with van der Waals surface area (Å²) >= 11 is 1.40. The van der Waals surface area contributed by atoms with E-state index in [0.717, 1.165) is 17.0 Å². The van der Waals surface area contributed by atoms with E-state index in [1.807, 2.05) is 11.4 Å². The largest absolute Gasteiger partial charge is 0.351 e. The number of urea groups is 1. The topological polar surface area (TPSA) is 80.5 Å². The van der Waals surface area contributed by atoms with Gasteiger partial charge in [-0.15, -0.1) is 11.3 Å². The van der Waals surface area contributed by atoms with Crippen molar-refractivity contribution in [2.45, 2.75) is 12.3 Å². The number of thiophene rings is 1. The number of Topliss-reactive ketones (excluding diaryl/α,β-unsaturated/α-hetero) is 1. The first-order valence-electron chi connectivity index (χ1n) is 6.47. The standard InChI is InChI=1S/C15H11FN2O3S/c16-8-3-4-10-11(6-8)18(15(17)21)14(20)13(10)12(19)7-9-2-1-5-22-9/h1-6,13H,7H2,(H2,17,21). The number of ketones is 1. The van der Waals surface area contributed by atoms with Crippen LogP contribution in [0.1, 0.15) is 16.4 Å². The lowest BCUT2D eigenvalue weighted by atomic mass is 9.94. The van der Waals surface area contributed by atoms with Crippen molar-refractivity contribution in [2.75, 3.05) is 4.90 Å². The van der Waals surface area contributed by atoms with E-state index in [1.165, 1.54) is 17.4 Å². The Kier molecular flexibility index (Phi) is 3.50. The Bertz CT molecular complexity index is 773. The molecule has 3 amide bonds. The molecule has 1 unspecified atom stereocenters. The molecular formula is C15H11FN2O3S. The molecule has 1 aromatic carbocycles. The zero-order valence-corrected chi connectivity index (χ0v) is 12.1. The van der Waals surface area contributed by atoms with Gasteiger partial charge in [-0.25, -0.2) is 14.1 Å². The fourth-order valence-electron chi connectivity index (χ4n) is 2.56. The van der Waals surface area contributed by atoms with E-state index in [0.29, 0.717) is 10.5 Å². The van der Waals surface area contributed by atoms with Crippen LogP contribution in [0.2, 0.25) is 0 Å². The summed E-state index contributed by atoms with van der Waals surface area (Å²) in [5, 5.41) is 1.83. The van der Waals surface area contributed by atoms with Gasteiger partial charge < -0.3 is 5.73 Å². The van der Waals surface area contributed by atoms with Gasteiger partial charge in [-0.3, -0.25) is 9.59 Å². The van der Waals surface area contributed by atoms with E-state index >= 15 is 0 Å². The van der Waals surface area contributed by atoms with E-state index in [9.17, 15) is 18.8 Å². The van der Waals surface area contributed by atoms with Crippen molar-refractivity contribution >= 4 is 34.7 Å². The minimum Gasteiger partial charge on any atom is -0.351 e. The highest BCUT2D eigenvalue weighted by Gasteiger charge is 2.44. The number of carbonyl (C=O) groups excluding carboxylic acids is 3. The van der Waals surface area contributed by atoms with Crippen LogP contribution in [0, 0.1) is 5.82 Å². The maximum atomic E-state index is 13.4. The third kappa shape index (κ3) is 2.29. The lowest BCUT2D eigenvalue weighted by molar-refractivity contribution is -0.127. The zero-order valence-electron chi connectivity index (χ0n) is 11.3. The van der Waals surface area contributed by atoms with Crippen LogP contribution in [-0.2, 0) is 16.0 Å². The Morgan fingerprint density at radius 2 is 2.09 bits per heavy atom. The molecule has 3 rings (SSSR count). The van der Waals surface area contributed by atoms with Gasteiger partial charge in [0.2, 0.25) is 5.91 Å². The molecule has 7 heteroatoms. The van der Waals surface area contributed by atoms with Crippen molar-refractivity contribution in [3.05, 3.63) is 52.0 Å². The monoisotopic (exact) mass is 318 g/mol. The Labute approximate surface area is 129 Å². The van der Waals surface area contributed by atoms with Gasteiger partial charge in [0, 0.05) is 11.3 Å². The molecule has 1 aliphatic heterocycles. The van der Waals surface area contributed by atoms with Crippen LogP contribution in [-0.4, -0.2) is 17.7 Å². The quantitative estimate of drug-likeness (QED) is 0.881. The fourth-order valence-corrected chi connectivity index (χ4v) is 3.28. The summed E-state index contributed by atoms with van der Waals surface area (Å²) in [6.45, 7) is 0. The van der Waals surface area contributed by atoms with Crippen LogP contribution in [0.4, 0.5) is 14.9 Å². The maximum absolute atomic E-state index is 13.4. The molecule has 1 atom stereocenters. The number of carbonyl (C=O) groups is 3. The number of anilines is 1. The van der Waals surface area contributed by atoms with Gasteiger partial charge in [0.1, 0.15) is 11.7 Å². The predicted octanol–water partition coefficient (Wildman–Crippen LogP) is 2.21. The molecule has 0 bridgehead atoms. The van der Waals surface area contributed by atoms with Crippen LogP contribution in [0.3, 0.4) is 0 Å². The first-order valence-corrected chi connectivity index (χ1v) is 7.35. The molecule has 0 radical (unpaired) electrons. The van der Waals surface area contributed by atoms with Crippen LogP contribution in [0.25, 0.3) is 0 Å². The molecule has 0 saturated heterocycles. The minimum absolute atomic E-state index is 0.0435. The van der Waals surface area contributed by atoms with Gasteiger partial charge in [0.05, 0.1) is 5.69 Å². The fraction of sp³-hybridized carbons (Fsp3) is 0.133. The van der Waals surface area contributed by atoms with Gasteiger partial charge in [-0.1, -0.05) is 12.1 Å². The average Bonchev–Trinajstić information content (AvgIpc) is 3.03. The number of primary amides is 1. The molecule has 1 aromatic heterocycles. The van der Waals surface area contributed by atoms with Crippen LogP contribution in [0.5, 0.6) is 0 Å². The predicted molar refractivity (Wildman–Crippen MR) is 79.2 cm³/mol. The normalized spacial score (nSPS) is 16.7. The van der Waals surface area contributed by atoms with Crippen molar-refractivity contribution in [3.8, 4) is 0 Å². The summed E-state index contributed by atoms with van der Waals surface area (Å²) in [6, 6.07) is 6.12. The molecule has 2 aromatic rings. The third-order valence-corrected chi connectivity index (χ3v) is 4.36. The molecule has 5 nitrogen and oxygen atoms in total. The third-order valence-electron chi connectivity index (χ3n) is 3.48. The summed E-state index contributed by atoms with van der Waals surface area (Å²) in [7, 11) is 0. The summed E-state index contributed by atoms with van der Waals surface area (Å²) < 4.78 is 13.4. The smallest absolute Gasteiger partial charge is 0.326 e. The Morgan fingerprint density at radius 3 is 2.73 bits per heavy atom. The second kappa shape index (κ2) is 5.34. The number of amides is 3. The molecule has 0 fully saturated rings. The number of fused-ring (bicyclic) bond motifs is 1. The second-order valence-corrected chi connectivity index (χ2v) is 5.90. The molecule has 2 heterocycles. The highest BCUT2D eigenvalue weighted by atomic mass is 32.1. The van der Waals surface area contributed by atoms with Crippen molar-refractivity contribution < 1.29 is 18.8 Å². The van der Waals surface area contributed by atoms with Gasteiger partial charge in [-0.2, -0.15) is 0 Å². The van der Waals surface area contributed by atoms with E-state index < -0.39 is 23.7 Å². The average molecular weight is 318 g/mol. The Hall–Kier alpha value is -2.54. The highest BCUT2D eigenvalue weighted by Crippen LogP contribution is 2.38. The molecular weight excluding hydrogens is 307 g/mol. The molecule has 0 spiro atoms. The van der Waals surface area contributed by atoms with Crippen LogP contribution in [0.15, 0.2) is 35.7 Å². The van der Waals surface area contributed by atoms with Crippen molar-refractivity contribution in [2.24, 2.45) is 5.73 Å². The number of nitrogens with two attached hydrogens (primary N) is 1. The second-order valence-electron chi connectivity index (χ2n) is 4.87. The number of halogens is 1. The molecule has 1 aliphatic rings. The summed E-state index contributed by atoms with van der Waals surface area (Å²) in [6.07, 6.45) is 0.0808. The summed E-state index contributed by atoms with van der Waals surface area (Å²) in [4.78, 5) is 37.8. The summed E-state index contributed by atoms with van der Waals surface area (Å²) in [5.41, 5.74) is 5.54. The summed E-state index contributed by atoms with van der Waals surface area (Å²) in [5.74, 6) is -2.80. The van der Waals surface area contributed by atoms with Crippen molar-refractivity contribution in [3.63, 3.8) is 0 Å². The highest BCUT2D eigenvalue weighted by molar-refractivity contribution is 7.10. The zero-order chi connectivity index (χ0) is 15.9. The molecule has 22 heavy (non-hydrogen) atoms. The van der Waals surface area contributed by atoms with E-state index in [4.69, 9.17) is 5.73 Å². The van der Waals surface area contributed by atoms with Crippen molar-refractivity contribution in [1.29, 1.82) is 0 Å². The molecule has 0 aliphatic carbocycles. The van der Waals surface area contributed by atoms with E-state index in [1.54, 1.807) is 6.07 Å². The maximum Gasteiger partial charge on any atom is 0.326 e. The lowest BCUT2D eigenvalue weighted by Crippen LogP contribution is -2.40. The number of rotatable bonds is 3. The number of benzene rings is 1. The molecule has 112 valence electrons. The number of imide groups is 1. The first-order chi connectivity index (χ1) is 10.5. The van der Waals surface area contributed by atoms with Gasteiger partial charge in [-0.05, 0) is 29.1 Å². The first kappa shape index (κ1) is 14.4. The number of hydrogen-bond donors (Lipinski definition) is 1. The van der Waals surface area contributed by atoms with Gasteiger partial charge in [0.25, 0.3) is 0 Å². The molecule has 2 N–H and O–H groups in total. The van der Waals surface area contributed by atoms with E-state index in [-0.39, 0.29) is 17.9 Å². The van der Waals surface area contributed by atoms with Crippen LogP contribution < -0.4 is 10.6 Å². The lowest BCUT2D eigenvalue weighted by Gasteiger charge is -2.12. The number of nitrogens with zero attached hydrogens (tertiary/aromatic N) is 1. The van der Waals surface area contributed by atoms with Gasteiger partial charge >= 0.3 is 6.03 Å². The Morgan fingerprint density at radius 1 is 1.32 bits per heavy atom. The SMILES string of the molecule is NC(=O)N1C(=O)C(C(=O)Cc2cccs2)c2ccc(F)cc21. The van der Waals surface area contributed by atoms with Crippen molar-refractivity contribution in [1.82, 2.24) is 0 Å². The molecule has 0 saturated carbocycles. The van der Waals surface area contributed by atoms with Gasteiger partial charge in [0.15, 0.2) is 5.78 Å². The minimum atomic E-state index is -1.12. The Balaban J connectivity index is 2.00.